The average Bonchev–Trinajstić information content (AvgIpc) is 2.82. The number of rotatable bonds is 10. The van der Waals surface area contributed by atoms with Crippen molar-refractivity contribution in [1.82, 2.24) is 20.9 Å². The van der Waals surface area contributed by atoms with Crippen molar-refractivity contribution in [2.75, 3.05) is 26.7 Å². The van der Waals surface area contributed by atoms with Crippen LogP contribution >= 0.6 is 0 Å². The minimum Gasteiger partial charge on any atom is -0.390 e. The highest BCUT2D eigenvalue weighted by molar-refractivity contribution is 6.39. The third kappa shape index (κ3) is 8.07. The molecule has 0 bridgehead atoms. The molecule has 4 N–H and O–H groups in total. The number of carbonyl (C=O) groups excluding carboxylic acids is 1. The van der Waals surface area contributed by atoms with Crippen LogP contribution in [0.25, 0.3) is 0 Å². The Hall–Kier alpha value is -2.55. The summed E-state index contributed by atoms with van der Waals surface area (Å²) in [5, 5.41) is 19.8. The Kier molecular flexibility index (Phi) is 9.60. The Labute approximate surface area is 197 Å². The highest BCUT2D eigenvalue weighted by Gasteiger charge is 2.20. The maximum atomic E-state index is 12.3. The van der Waals surface area contributed by atoms with Crippen molar-refractivity contribution < 1.29 is 9.90 Å². The van der Waals surface area contributed by atoms with Gasteiger partial charge in [0.1, 0.15) is 17.9 Å². The smallest absolute Gasteiger partial charge is 0.265 e. The number of fused-ring (bicyclic) bond motifs is 1. The van der Waals surface area contributed by atoms with Crippen molar-refractivity contribution in [2.45, 2.75) is 63.8 Å². The summed E-state index contributed by atoms with van der Waals surface area (Å²) >= 11 is 0. The summed E-state index contributed by atoms with van der Waals surface area (Å²) in [6.45, 7) is 8.00. The lowest BCUT2D eigenvalue weighted by Crippen LogP contribution is -2.43. The van der Waals surface area contributed by atoms with Crippen LogP contribution in [-0.4, -0.2) is 72.8 Å². The van der Waals surface area contributed by atoms with Crippen molar-refractivity contribution in [2.24, 2.45) is 9.98 Å². The maximum Gasteiger partial charge on any atom is 0.265 e. The zero-order valence-electron chi connectivity index (χ0n) is 19.9. The summed E-state index contributed by atoms with van der Waals surface area (Å²) in [4.78, 5) is 22.8. The Bertz CT molecular complexity index is 860. The van der Waals surface area contributed by atoms with E-state index in [1.165, 1.54) is 17.5 Å². The summed E-state index contributed by atoms with van der Waals surface area (Å²) in [6.07, 6.45) is 6.14. The van der Waals surface area contributed by atoms with Crippen LogP contribution in [0.5, 0.6) is 0 Å². The van der Waals surface area contributed by atoms with E-state index in [2.05, 4.69) is 55.6 Å². The molecule has 0 aromatic heterocycles. The van der Waals surface area contributed by atoms with Crippen molar-refractivity contribution in [3.63, 3.8) is 0 Å². The summed E-state index contributed by atoms with van der Waals surface area (Å²) in [7, 11) is 2.01. The predicted molar refractivity (Wildman–Crippen MR) is 133 cm³/mol. The Morgan fingerprint density at radius 1 is 1.24 bits per heavy atom. The lowest BCUT2D eigenvalue weighted by molar-refractivity contribution is -0.115. The first-order valence-corrected chi connectivity index (χ1v) is 11.9. The van der Waals surface area contributed by atoms with Gasteiger partial charge in [0, 0.05) is 38.3 Å². The van der Waals surface area contributed by atoms with Crippen LogP contribution in [0, 0.1) is 0 Å². The second-order valence-electron chi connectivity index (χ2n) is 9.01. The van der Waals surface area contributed by atoms with Gasteiger partial charge in [0.15, 0.2) is 0 Å². The van der Waals surface area contributed by atoms with Crippen LogP contribution in [0.3, 0.4) is 0 Å². The van der Waals surface area contributed by atoms with Gasteiger partial charge in [-0.1, -0.05) is 30.8 Å². The molecular formula is C25H38N6O2. The zero-order chi connectivity index (χ0) is 23.6. The summed E-state index contributed by atoms with van der Waals surface area (Å²) in [5.41, 5.74) is 2.98. The van der Waals surface area contributed by atoms with Crippen molar-refractivity contribution in [3.8, 4) is 0 Å². The molecule has 1 saturated carbocycles. The van der Waals surface area contributed by atoms with Gasteiger partial charge in [0.05, 0.1) is 6.10 Å². The van der Waals surface area contributed by atoms with Gasteiger partial charge in [-0.3, -0.25) is 9.69 Å². The molecule has 1 aliphatic heterocycles. The number of aliphatic hydroxyl groups excluding tert-OH is 1. The lowest BCUT2D eigenvalue weighted by Gasteiger charge is -2.30. The second kappa shape index (κ2) is 12.6. The van der Waals surface area contributed by atoms with E-state index in [9.17, 15) is 9.90 Å². The number of nitrogens with zero attached hydrogens (tertiary/aromatic N) is 3. The molecule has 3 rings (SSSR count). The number of aliphatic hydroxyl groups is 1. The minimum atomic E-state index is -0.636. The highest BCUT2D eigenvalue weighted by Crippen LogP contribution is 2.19. The molecule has 1 heterocycles. The van der Waals surface area contributed by atoms with Crippen molar-refractivity contribution >= 4 is 18.0 Å². The van der Waals surface area contributed by atoms with E-state index in [1.807, 2.05) is 13.1 Å². The molecule has 1 aliphatic carbocycles. The normalized spacial score (nSPS) is 22.6. The van der Waals surface area contributed by atoms with Crippen LogP contribution in [0.1, 0.15) is 43.7 Å². The van der Waals surface area contributed by atoms with E-state index < -0.39 is 6.10 Å². The van der Waals surface area contributed by atoms with Crippen molar-refractivity contribution in [1.29, 1.82) is 0 Å². The van der Waals surface area contributed by atoms with Crippen LogP contribution in [0.4, 0.5) is 0 Å². The molecule has 8 nitrogen and oxygen atoms in total. The minimum absolute atomic E-state index is 0.185. The highest BCUT2D eigenvalue weighted by atomic mass is 16.3. The molecule has 1 atom stereocenters. The number of nitrogens with one attached hydrogen (secondary N) is 3. The molecule has 0 radical (unpaired) electrons. The van der Waals surface area contributed by atoms with Gasteiger partial charge in [0.2, 0.25) is 0 Å². The molecule has 8 heteroatoms. The number of β-amino-alcohol motifs (C(OH)–C–C–N with tert-alkyl or cyclic N) is 1. The van der Waals surface area contributed by atoms with Crippen LogP contribution in [-0.2, 0) is 17.8 Å². The average molecular weight is 455 g/mol. The fourth-order valence-corrected chi connectivity index (χ4v) is 4.45. The molecule has 0 saturated heterocycles. The van der Waals surface area contributed by atoms with Gasteiger partial charge in [-0.05, 0) is 57.2 Å². The van der Waals surface area contributed by atoms with E-state index in [1.54, 1.807) is 6.92 Å². The SMILES string of the molecule is C=C(N=CN=C(C)C(=O)NC[C@H](O)CN1CCc2ccccc2C1)NC1CCC(NC)CC1. The van der Waals surface area contributed by atoms with E-state index >= 15 is 0 Å². The number of benzene rings is 1. The van der Waals surface area contributed by atoms with Crippen molar-refractivity contribution in [3.05, 3.63) is 47.8 Å². The molecule has 0 spiro atoms. The van der Waals surface area contributed by atoms with Gasteiger partial charge in [0.25, 0.3) is 5.91 Å². The Morgan fingerprint density at radius 3 is 2.67 bits per heavy atom. The van der Waals surface area contributed by atoms with E-state index in [-0.39, 0.29) is 12.5 Å². The molecular weight excluding hydrogens is 416 g/mol. The zero-order valence-corrected chi connectivity index (χ0v) is 19.9. The third-order valence-electron chi connectivity index (χ3n) is 6.48. The first kappa shape index (κ1) is 25.1. The molecule has 0 unspecified atom stereocenters. The maximum absolute atomic E-state index is 12.3. The Morgan fingerprint density at radius 2 is 1.94 bits per heavy atom. The lowest BCUT2D eigenvalue weighted by atomic mass is 9.91. The second-order valence-corrected chi connectivity index (χ2v) is 9.01. The summed E-state index contributed by atoms with van der Waals surface area (Å²) in [5.74, 6) is 0.242. The number of amides is 1. The number of aliphatic imine (C=N–C) groups is 2. The standard InChI is InChI=1S/C25H38N6O2/c1-18(28-17-29-19(2)30-23-10-8-22(26-3)9-11-23)25(33)27-14-24(32)16-31-13-12-20-6-4-5-7-21(20)15-31/h4-7,17,22-24,26,30,32H,2,8-16H2,1,3H3,(H,27,33)/t22?,23?,24-/m0/s1. The first-order chi connectivity index (χ1) is 15.9. The fourth-order valence-electron chi connectivity index (χ4n) is 4.45. The number of hydrogen-bond acceptors (Lipinski definition) is 6. The van der Waals surface area contributed by atoms with E-state index in [0.29, 0.717) is 30.2 Å². The Balaban J connectivity index is 1.35. The first-order valence-electron chi connectivity index (χ1n) is 11.9. The molecule has 2 aliphatic rings. The molecule has 1 aromatic carbocycles. The van der Waals surface area contributed by atoms with Crippen LogP contribution < -0.4 is 16.0 Å². The van der Waals surface area contributed by atoms with Gasteiger partial charge in [-0.2, -0.15) is 0 Å². The topological polar surface area (TPSA) is 101 Å². The fraction of sp³-hybridized carbons (Fsp3) is 0.560. The van der Waals surface area contributed by atoms with Crippen LogP contribution in [0.15, 0.2) is 46.7 Å². The van der Waals surface area contributed by atoms with Crippen LogP contribution in [0.2, 0.25) is 0 Å². The molecule has 180 valence electrons. The van der Waals surface area contributed by atoms with Gasteiger partial charge in [-0.15, -0.1) is 0 Å². The van der Waals surface area contributed by atoms with Gasteiger partial charge >= 0.3 is 0 Å². The quantitative estimate of drug-likeness (QED) is 0.318. The monoisotopic (exact) mass is 454 g/mol. The summed E-state index contributed by atoms with van der Waals surface area (Å²) in [6, 6.07) is 9.38. The molecule has 1 amide bonds. The number of hydrogen-bond donors (Lipinski definition) is 4. The van der Waals surface area contributed by atoms with E-state index in [4.69, 9.17) is 0 Å². The third-order valence-corrected chi connectivity index (χ3v) is 6.48. The summed E-state index contributed by atoms with van der Waals surface area (Å²) < 4.78 is 0. The van der Waals surface area contributed by atoms with Gasteiger partial charge < -0.3 is 21.1 Å². The molecule has 1 fully saturated rings. The number of carbonyl (C=O) groups is 1. The van der Waals surface area contributed by atoms with Gasteiger partial charge in [-0.25, -0.2) is 9.98 Å². The molecule has 33 heavy (non-hydrogen) atoms. The predicted octanol–water partition coefficient (Wildman–Crippen LogP) is 1.60. The largest absolute Gasteiger partial charge is 0.390 e. The van der Waals surface area contributed by atoms with E-state index in [0.717, 1.165) is 45.2 Å². The molecule has 1 aromatic rings.